The second kappa shape index (κ2) is 6.34. The monoisotopic (exact) mass is 312 g/mol. The smallest absolute Gasteiger partial charge is 0.240 e. The summed E-state index contributed by atoms with van der Waals surface area (Å²) in [5.74, 6) is -0.0974. The van der Waals surface area contributed by atoms with Crippen molar-refractivity contribution >= 4 is 21.8 Å². The van der Waals surface area contributed by atoms with Crippen LogP contribution in [-0.2, 0) is 4.79 Å². The molecule has 0 fully saturated rings. The second-order valence-electron chi connectivity index (χ2n) is 4.91. The second-order valence-corrected chi connectivity index (χ2v) is 5.83. The molecule has 0 aliphatic heterocycles. The molecule has 1 aromatic rings. The summed E-state index contributed by atoms with van der Waals surface area (Å²) in [6, 6.07) is 7.87. The number of rotatable bonds is 5. The molecule has 0 saturated heterocycles. The zero-order chi connectivity index (χ0) is 13.8. The minimum Gasteiger partial charge on any atom is -0.348 e. The van der Waals surface area contributed by atoms with Gasteiger partial charge in [-0.1, -0.05) is 41.4 Å². The molecule has 100 valence electrons. The molecule has 2 atom stereocenters. The van der Waals surface area contributed by atoms with Crippen molar-refractivity contribution in [2.45, 2.75) is 45.2 Å². The van der Waals surface area contributed by atoms with Gasteiger partial charge in [0.25, 0.3) is 0 Å². The third kappa shape index (κ3) is 4.10. The Labute approximate surface area is 117 Å². The summed E-state index contributed by atoms with van der Waals surface area (Å²) in [5, 5.41) is 2.96. The van der Waals surface area contributed by atoms with E-state index in [-0.39, 0.29) is 11.9 Å². The Balaban J connectivity index is 2.67. The van der Waals surface area contributed by atoms with Gasteiger partial charge in [-0.05, 0) is 38.0 Å². The van der Waals surface area contributed by atoms with Crippen LogP contribution in [0, 0.1) is 0 Å². The van der Waals surface area contributed by atoms with Crippen LogP contribution in [0.2, 0.25) is 0 Å². The number of hydrogen-bond donors (Lipinski definition) is 2. The molecule has 18 heavy (non-hydrogen) atoms. The first-order valence-electron chi connectivity index (χ1n) is 6.22. The summed E-state index contributed by atoms with van der Waals surface area (Å²) in [6.45, 7) is 5.76. The number of halogens is 1. The largest absolute Gasteiger partial charge is 0.348 e. The Bertz CT molecular complexity index is 401. The quantitative estimate of drug-likeness (QED) is 0.877. The first-order valence-corrected chi connectivity index (χ1v) is 7.01. The Morgan fingerprint density at radius 1 is 1.44 bits per heavy atom. The molecular weight excluding hydrogens is 292 g/mol. The van der Waals surface area contributed by atoms with Gasteiger partial charge in [0.15, 0.2) is 0 Å². The van der Waals surface area contributed by atoms with Gasteiger partial charge in [-0.25, -0.2) is 0 Å². The van der Waals surface area contributed by atoms with Crippen molar-refractivity contribution < 1.29 is 4.79 Å². The Kier molecular flexibility index (Phi) is 5.35. The van der Waals surface area contributed by atoms with Crippen LogP contribution in [-0.4, -0.2) is 11.4 Å². The van der Waals surface area contributed by atoms with E-state index < -0.39 is 5.54 Å². The minimum absolute atomic E-state index is 0.0367. The van der Waals surface area contributed by atoms with Gasteiger partial charge >= 0.3 is 0 Å². The standard InChI is InChI=1S/C14H21BrN2O/c1-4-9-14(3,16)13(18)17-10(2)11-5-7-12(15)8-6-11/h5-8,10H,4,9,16H2,1-3H3,(H,17,18). The van der Waals surface area contributed by atoms with Crippen molar-refractivity contribution in [2.75, 3.05) is 0 Å². The van der Waals surface area contributed by atoms with E-state index in [9.17, 15) is 4.79 Å². The predicted octanol–water partition coefficient (Wildman–Crippen LogP) is 3.14. The van der Waals surface area contributed by atoms with Crippen molar-refractivity contribution in [1.29, 1.82) is 0 Å². The molecule has 1 rings (SSSR count). The molecule has 2 unspecified atom stereocenters. The number of carbonyl (C=O) groups excluding carboxylic acids is 1. The van der Waals surface area contributed by atoms with E-state index in [4.69, 9.17) is 5.73 Å². The lowest BCUT2D eigenvalue weighted by atomic mass is 9.95. The summed E-state index contributed by atoms with van der Waals surface area (Å²) in [6.07, 6.45) is 1.58. The normalized spacial score (nSPS) is 15.8. The third-order valence-electron chi connectivity index (χ3n) is 3.01. The summed E-state index contributed by atoms with van der Waals surface area (Å²) in [4.78, 5) is 12.1. The van der Waals surface area contributed by atoms with Crippen LogP contribution in [0.3, 0.4) is 0 Å². The summed E-state index contributed by atoms with van der Waals surface area (Å²) in [5.41, 5.74) is 6.28. The Hall–Kier alpha value is -0.870. The molecule has 0 aromatic heterocycles. The maximum Gasteiger partial charge on any atom is 0.240 e. The minimum atomic E-state index is -0.793. The summed E-state index contributed by atoms with van der Waals surface area (Å²) in [7, 11) is 0. The van der Waals surface area contributed by atoms with Crippen LogP contribution in [0.15, 0.2) is 28.7 Å². The predicted molar refractivity (Wildman–Crippen MR) is 78.2 cm³/mol. The summed E-state index contributed by atoms with van der Waals surface area (Å²) >= 11 is 3.39. The molecule has 3 nitrogen and oxygen atoms in total. The fraction of sp³-hybridized carbons (Fsp3) is 0.500. The molecule has 0 aliphatic rings. The molecule has 4 heteroatoms. The number of carbonyl (C=O) groups is 1. The lowest BCUT2D eigenvalue weighted by Crippen LogP contribution is -2.51. The van der Waals surface area contributed by atoms with Crippen LogP contribution >= 0.6 is 15.9 Å². The highest BCUT2D eigenvalue weighted by Crippen LogP contribution is 2.18. The van der Waals surface area contributed by atoms with Gasteiger partial charge in [-0.3, -0.25) is 4.79 Å². The van der Waals surface area contributed by atoms with E-state index in [2.05, 4.69) is 21.2 Å². The number of hydrogen-bond acceptors (Lipinski definition) is 2. The zero-order valence-corrected chi connectivity index (χ0v) is 12.8. The fourth-order valence-corrected chi connectivity index (χ4v) is 2.09. The topological polar surface area (TPSA) is 55.1 Å². The number of nitrogens with one attached hydrogen (secondary N) is 1. The Morgan fingerprint density at radius 3 is 2.50 bits per heavy atom. The molecule has 0 bridgehead atoms. The average Bonchev–Trinajstić information content (AvgIpc) is 2.29. The SMILES string of the molecule is CCCC(C)(N)C(=O)NC(C)c1ccc(Br)cc1. The van der Waals surface area contributed by atoms with Crippen molar-refractivity contribution in [3.05, 3.63) is 34.3 Å². The highest BCUT2D eigenvalue weighted by molar-refractivity contribution is 9.10. The van der Waals surface area contributed by atoms with Gasteiger partial charge in [0.05, 0.1) is 11.6 Å². The van der Waals surface area contributed by atoms with Crippen LogP contribution in [0.25, 0.3) is 0 Å². The van der Waals surface area contributed by atoms with E-state index in [1.807, 2.05) is 38.1 Å². The van der Waals surface area contributed by atoms with Gasteiger partial charge in [0.2, 0.25) is 5.91 Å². The average molecular weight is 313 g/mol. The first-order chi connectivity index (χ1) is 8.36. The van der Waals surface area contributed by atoms with Crippen LogP contribution in [0.1, 0.15) is 45.2 Å². The zero-order valence-electron chi connectivity index (χ0n) is 11.2. The van der Waals surface area contributed by atoms with Crippen LogP contribution in [0.4, 0.5) is 0 Å². The maximum absolute atomic E-state index is 12.1. The van der Waals surface area contributed by atoms with Gasteiger partial charge in [-0.2, -0.15) is 0 Å². The van der Waals surface area contributed by atoms with Gasteiger partial charge in [-0.15, -0.1) is 0 Å². The van der Waals surface area contributed by atoms with Crippen molar-refractivity contribution in [3.8, 4) is 0 Å². The molecule has 1 aromatic carbocycles. The third-order valence-corrected chi connectivity index (χ3v) is 3.53. The highest BCUT2D eigenvalue weighted by atomic mass is 79.9. The molecule has 3 N–H and O–H groups in total. The van der Waals surface area contributed by atoms with Crippen molar-refractivity contribution in [2.24, 2.45) is 5.73 Å². The lowest BCUT2D eigenvalue weighted by Gasteiger charge is -2.25. The molecule has 0 aliphatic carbocycles. The van der Waals surface area contributed by atoms with Crippen LogP contribution in [0.5, 0.6) is 0 Å². The summed E-state index contributed by atoms with van der Waals surface area (Å²) < 4.78 is 1.03. The Morgan fingerprint density at radius 2 is 2.00 bits per heavy atom. The van der Waals surface area contributed by atoms with Gasteiger partial charge in [0, 0.05) is 4.47 Å². The first kappa shape index (κ1) is 15.2. The van der Waals surface area contributed by atoms with Gasteiger partial charge < -0.3 is 11.1 Å². The molecule has 0 radical (unpaired) electrons. The molecule has 0 heterocycles. The maximum atomic E-state index is 12.1. The fourth-order valence-electron chi connectivity index (χ4n) is 1.83. The number of benzene rings is 1. The van der Waals surface area contributed by atoms with E-state index in [1.54, 1.807) is 6.92 Å². The van der Waals surface area contributed by atoms with E-state index in [1.165, 1.54) is 0 Å². The van der Waals surface area contributed by atoms with Crippen molar-refractivity contribution in [1.82, 2.24) is 5.32 Å². The molecule has 0 saturated carbocycles. The lowest BCUT2D eigenvalue weighted by molar-refractivity contribution is -0.126. The van der Waals surface area contributed by atoms with Crippen molar-refractivity contribution in [3.63, 3.8) is 0 Å². The molecular formula is C14H21BrN2O. The number of amides is 1. The molecule has 1 amide bonds. The highest BCUT2D eigenvalue weighted by Gasteiger charge is 2.28. The number of nitrogens with two attached hydrogens (primary N) is 1. The van der Waals surface area contributed by atoms with Gasteiger partial charge in [0.1, 0.15) is 0 Å². The van der Waals surface area contributed by atoms with Crippen LogP contribution < -0.4 is 11.1 Å². The van der Waals surface area contributed by atoms with E-state index in [0.717, 1.165) is 16.5 Å². The van der Waals surface area contributed by atoms with E-state index in [0.29, 0.717) is 6.42 Å². The van der Waals surface area contributed by atoms with E-state index >= 15 is 0 Å². The molecule has 0 spiro atoms.